The Kier molecular flexibility index (Phi) is 4.83. The highest BCUT2D eigenvalue weighted by molar-refractivity contribution is 6.23. The number of carbonyl (C=O) groups is 1. The van der Waals surface area contributed by atoms with Crippen molar-refractivity contribution >= 4 is 17.6 Å². The number of aliphatic carboxylic acids is 1. The maximum Gasteiger partial charge on any atom is 0.339 e. The van der Waals surface area contributed by atoms with E-state index in [0.29, 0.717) is 23.4 Å². The van der Waals surface area contributed by atoms with Gasteiger partial charge in [-0.2, -0.15) is 0 Å². The summed E-state index contributed by atoms with van der Waals surface area (Å²) in [5.41, 5.74) is 1.92. The summed E-state index contributed by atoms with van der Waals surface area (Å²) in [5, 5.41) is 9.45. The van der Waals surface area contributed by atoms with E-state index in [1.165, 1.54) is 32.1 Å². The number of guanidine groups is 1. The molecule has 0 amide bonds. The minimum absolute atomic E-state index is 0.357. The Morgan fingerprint density at radius 2 is 2.09 bits per heavy atom. The standard InChI is InChI=1S/C18H27N3O2/c1-3-4-5-6-7-8-13-11-14-9-10-15-16(17(22)23)12(2)19-18(20-13)21(14)15/h13-14H,3-11H2,1-2H3,(H,22,23)/t13-,14+/m1/s1. The highest BCUT2D eigenvalue weighted by Crippen LogP contribution is 2.39. The number of nitrogens with zero attached hydrogens (tertiary/aromatic N) is 3. The predicted molar refractivity (Wildman–Crippen MR) is 91.8 cm³/mol. The molecule has 1 saturated heterocycles. The van der Waals surface area contributed by atoms with Crippen LogP contribution in [0.1, 0.15) is 71.6 Å². The summed E-state index contributed by atoms with van der Waals surface area (Å²) in [4.78, 5) is 23.0. The van der Waals surface area contributed by atoms with Crippen LogP contribution in [0.25, 0.3) is 0 Å². The first-order valence-corrected chi connectivity index (χ1v) is 9.01. The summed E-state index contributed by atoms with van der Waals surface area (Å²) >= 11 is 0. The van der Waals surface area contributed by atoms with Crippen LogP contribution in [0, 0.1) is 0 Å². The van der Waals surface area contributed by atoms with Gasteiger partial charge in [0.2, 0.25) is 5.96 Å². The summed E-state index contributed by atoms with van der Waals surface area (Å²) in [6.07, 6.45) is 10.5. The molecule has 0 spiro atoms. The van der Waals surface area contributed by atoms with E-state index in [0.717, 1.165) is 37.3 Å². The monoisotopic (exact) mass is 317 g/mol. The molecule has 5 nitrogen and oxygen atoms in total. The second-order valence-corrected chi connectivity index (χ2v) is 6.91. The number of carboxylic acid groups (broad SMARTS) is 1. The van der Waals surface area contributed by atoms with Gasteiger partial charge in [0.05, 0.1) is 11.8 Å². The van der Waals surface area contributed by atoms with Gasteiger partial charge in [-0.15, -0.1) is 0 Å². The molecule has 3 rings (SSSR count). The first-order chi connectivity index (χ1) is 11.1. The number of rotatable bonds is 7. The molecule has 1 N–H and O–H groups in total. The molecule has 3 heterocycles. The lowest BCUT2D eigenvalue weighted by Crippen LogP contribution is -2.44. The number of aliphatic imine (C=N–C) groups is 2. The minimum Gasteiger partial charge on any atom is -0.478 e. The van der Waals surface area contributed by atoms with Crippen molar-refractivity contribution in [2.24, 2.45) is 9.98 Å². The fraction of sp³-hybridized carbons (Fsp3) is 0.722. The quantitative estimate of drug-likeness (QED) is 0.727. The molecule has 0 aliphatic carbocycles. The van der Waals surface area contributed by atoms with Gasteiger partial charge < -0.3 is 10.0 Å². The molecule has 0 bridgehead atoms. The van der Waals surface area contributed by atoms with Crippen LogP contribution >= 0.6 is 0 Å². The molecule has 0 aromatic rings. The molecule has 0 saturated carbocycles. The molecule has 0 radical (unpaired) electrons. The molecule has 3 aliphatic rings. The van der Waals surface area contributed by atoms with E-state index in [1.807, 2.05) is 0 Å². The van der Waals surface area contributed by atoms with Crippen LogP contribution in [-0.4, -0.2) is 39.7 Å². The Labute approximate surface area is 138 Å². The Bertz CT molecular complexity index is 577. The fourth-order valence-electron chi connectivity index (χ4n) is 4.06. The Balaban J connectivity index is 1.71. The van der Waals surface area contributed by atoms with Crippen molar-refractivity contribution in [3.63, 3.8) is 0 Å². The van der Waals surface area contributed by atoms with Crippen molar-refractivity contribution < 1.29 is 9.90 Å². The van der Waals surface area contributed by atoms with E-state index in [1.54, 1.807) is 6.92 Å². The zero-order valence-corrected chi connectivity index (χ0v) is 14.2. The van der Waals surface area contributed by atoms with Crippen LogP contribution in [0.15, 0.2) is 21.3 Å². The summed E-state index contributed by atoms with van der Waals surface area (Å²) in [7, 11) is 0. The van der Waals surface area contributed by atoms with Crippen LogP contribution in [-0.2, 0) is 4.79 Å². The third-order valence-corrected chi connectivity index (χ3v) is 5.20. The van der Waals surface area contributed by atoms with E-state index in [-0.39, 0.29) is 0 Å². The molecule has 126 valence electrons. The Hall–Kier alpha value is -1.65. The van der Waals surface area contributed by atoms with Crippen molar-refractivity contribution in [1.29, 1.82) is 0 Å². The minimum atomic E-state index is -0.862. The van der Waals surface area contributed by atoms with Gasteiger partial charge >= 0.3 is 5.97 Å². The molecule has 3 aliphatic heterocycles. The van der Waals surface area contributed by atoms with E-state index >= 15 is 0 Å². The van der Waals surface area contributed by atoms with Crippen molar-refractivity contribution in [1.82, 2.24) is 4.90 Å². The average molecular weight is 317 g/mol. The van der Waals surface area contributed by atoms with Gasteiger partial charge in [0.1, 0.15) is 5.57 Å². The number of unbranched alkanes of at least 4 members (excludes halogenated alkanes) is 4. The number of hydrogen-bond donors (Lipinski definition) is 1. The zero-order valence-electron chi connectivity index (χ0n) is 14.2. The molecule has 5 heteroatoms. The molecule has 23 heavy (non-hydrogen) atoms. The Morgan fingerprint density at radius 1 is 1.30 bits per heavy atom. The molecule has 2 atom stereocenters. The third-order valence-electron chi connectivity index (χ3n) is 5.20. The van der Waals surface area contributed by atoms with Crippen molar-refractivity contribution in [2.75, 3.05) is 0 Å². The maximum atomic E-state index is 11.5. The van der Waals surface area contributed by atoms with Crippen molar-refractivity contribution in [3.05, 3.63) is 11.3 Å². The van der Waals surface area contributed by atoms with Crippen LogP contribution in [0.5, 0.6) is 0 Å². The normalized spacial score (nSPS) is 26.1. The number of hydrogen-bond acceptors (Lipinski definition) is 4. The summed E-state index contributed by atoms with van der Waals surface area (Å²) in [6, 6.07) is 0.750. The zero-order chi connectivity index (χ0) is 16.4. The summed E-state index contributed by atoms with van der Waals surface area (Å²) < 4.78 is 0. The van der Waals surface area contributed by atoms with E-state index in [2.05, 4.69) is 16.8 Å². The number of allylic oxidation sites excluding steroid dienone is 1. The van der Waals surface area contributed by atoms with Gasteiger partial charge in [-0.25, -0.2) is 14.8 Å². The van der Waals surface area contributed by atoms with Gasteiger partial charge in [-0.05, 0) is 32.6 Å². The van der Waals surface area contributed by atoms with Crippen LogP contribution in [0.3, 0.4) is 0 Å². The number of carboxylic acids is 1. The largest absolute Gasteiger partial charge is 0.478 e. The SMILES string of the molecule is CCCCCCC[C@@H]1C[C@@H]2CCC3=C(C(=O)O)C(C)=NC(=N1)N32. The second kappa shape index (κ2) is 6.85. The first-order valence-electron chi connectivity index (χ1n) is 9.01. The van der Waals surface area contributed by atoms with E-state index in [9.17, 15) is 9.90 Å². The van der Waals surface area contributed by atoms with Gasteiger partial charge in [0.25, 0.3) is 0 Å². The Morgan fingerprint density at radius 3 is 2.83 bits per heavy atom. The highest BCUT2D eigenvalue weighted by atomic mass is 16.4. The maximum absolute atomic E-state index is 11.5. The predicted octanol–water partition coefficient (Wildman–Crippen LogP) is 3.75. The fourth-order valence-corrected chi connectivity index (χ4v) is 4.06. The van der Waals surface area contributed by atoms with Crippen molar-refractivity contribution in [2.45, 2.75) is 83.7 Å². The van der Waals surface area contributed by atoms with Gasteiger partial charge in [0, 0.05) is 11.7 Å². The molecular weight excluding hydrogens is 290 g/mol. The molecule has 0 unspecified atom stereocenters. The van der Waals surface area contributed by atoms with Gasteiger partial charge in [-0.3, -0.25) is 0 Å². The lowest BCUT2D eigenvalue weighted by Gasteiger charge is -2.36. The lowest BCUT2D eigenvalue weighted by atomic mass is 9.98. The topological polar surface area (TPSA) is 65.3 Å². The molecular formula is C18H27N3O2. The second-order valence-electron chi connectivity index (χ2n) is 6.91. The highest BCUT2D eigenvalue weighted by Gasteiger charge is 2.42. The molecule has 0 aromatic carbocycles. The molecule has 1 fully saturated rings. The van der Waals surface area contributed by atoms with Crippen LogP contribution < -0.4 is 0 Å². The molecule has 0 aromatic heterocycles. The van der Waals surface area contributed by atoms with Gasteiger partial charge in [-0.1, -0.05) is 39.0 Å². The van der Waals surface area contributed by atoms with Crippen LogP contribution in [0.4, 0.5) is 0 Å². The van der Waals surface area contributed by atoms with Gasteiger partial charge in [0.15, 0.2) is 0 Å². The first kappa shape index (κ1) is 16.2. The van der Waals surface area contributed by atoms with Crippen molar-refractivity contribution in [3.8, 4) is 0 Å². The van der Waals surface area contributed by atoms with E-state index < -0.39 is 5.97 Å². The summed E-state index contributed by atoms with van der Waals surface area (Å²) in [5.74, 6) is -0.103. The smallest absolute Gasteiger partial charge is 0.339 e. The average Bonchev–Trinajstić information content (AvgIpc) is 2.91. The third kappa shape index (κ3) is 3.19. The van der Waals surface area contributed by atoms with Crippen LogP contribution in [0.2, 0.25) is 0 Å². The summed E-state index contributed by atoms with van der Waals surface area (Å²) in [6.45, 7) is 4.03. The van der Waals surface area contributed by atoms with E-state index in [4.69, 9.17) is 4.99 Å². The lowest BCUT2D eigenvalue weighted by molar-refractivity contribution is -0.132.